The van der Waals surface area contributed by atoms with E-state index in [0.717, 1.165) is 5.56 Å². The summed E-state index contributed by atoms with van der Waals surface area (Å²) in [6.07, 6.45) is 0.421. The van der Waals surface area contributed by atoms with E-state index < -0.39 is 10.0 Å². The summed E-state index contributed by atoms with van der Waals surface area (Å²) >= 11 is 0. The second-order valence-electron chi connectivity index (χ2n) is 5.47. The predicted octanol–water partition coefficient (Wildman–Crippen LogP) is 1.79. The highest BCUT2D eigenvalue weighted by Gasteiger charge is 2.18. The van der Waals surface area contributed by atoms with Gasteiger partial charge in [0.25, 0.3) is 5.91 Å². The van der Waals surface area contributed by atoms with Crippen LogP contribution in [0.3, 0.4) is 0 Å². The third-order valence-electron chi connectivity index (χ3n) is 3.65. The summed E-state index contributed by atoms with van der Waals surface area (Å²) in [5, 5.41) is 2.70. The number of fused-ring (bicyclic) bond motifs is 1. The average Bonchev–Trinajstić information content (AvgIpc) is 2.76. The molecule has 7 heteroatoms. The molecule has 0 unspecified atom stereocenters. The Bertz CT molecular complexity index is 835. The number of amides is 1. The van der Waals surface area contributed by atoms with Crippen molar-refractivity contribution in [2.24, 2.45) is 0 Å². The molecule has 0 aromatic heterocycles. The predicted molar refractivity (Wildman–Crippen MR) is 91.8 cm³/mol. The van der Waals surface area contributed by atoms with Gasteiger partial charge in [0, 0.05) is 5.69 Å². The van der Waals surface area contributed by atoms with Crippen LogP contribution in [-0.4, -0.2) is 33.2 Å². The van der Waals surface area contributed by atoms with Crippen LogP contribution in [0.4, 0.5) is 5.69 Å². The Morgan fingerprint density at radius 1 is 1.12 bits per heavy atom. The Labute approximate surface area is 140 Å². The van der Waals surface area contributed by atoms with Crippen LogP contribution in [0.5, 0.6) is 5.75 Å². The Morgan fingerprint density at radius 2 is 1.92 bits per heavy atom. The normalized spacial score (nSPS) is 14.1. The van der Waals surface area contributed by atoms with Gasteiger partial charge in [-0.2, -0.15) is 0 Å². The molecule has 6 nitrogen and oxygen atoms in total. The van der Waals surface area contributed by atoms with Crippen molar-refractivity contribution in [3.8, 4) is 5.75 Å². The van der Waals surface area contributed by atoms with E-state index in [1.54, 1.807) is 12.1 Å². The first-order valence-corrected chi connectivity index (χ1v) is 9.28. The number of rotatable bonds is 5. The topological polar surface area (TPSA) is 84.5 Å². The molecule has 0 spiro atoms. The fraction of sp³-hybridized carbons (Fsp3) is 0.235. The van der Waals surface area contributed by atoms with Crippen molar-refractivity contribution in [2.75, 3.05) is 23.6 Å². The molecule has 0 saturated carbocycles. The molecule has 1 heterocycles. The van der Waals surface area contributed by atoms with Crippen molar-refractivity contribution in [3.63, 3.8) is 0 Å². The number of aryl methyl sites for hydroxylation is 1. The van der Waals surface area contributed by atoms with Crippen LogP contribution in [0.2, 0.25) is 0 Å². The zero-order valence-electron chi connectivity index (χ0n) is 13.0. The summed E-state index contributed by atoms with van der Waals surface area (Å²) in [5.74, 6) is 0.154. The molecule has 0 saturated heterocycles. The number of sulfonamides is 1. The molecule has 24 heavy (non-hydrogen) atoms. The van der Waals surface area contributed by atoms with E-state index in [2.05, 4.69) is 10.0 Å². The lowest BCUT2D eigenvalue weighted by atomic mass is 10.1. The molecule has 0 fully saturated rings. The van der Waals surface area contributed by atoms with Crippen molar-refractivity contribution in [1.82, 2.24) is 5.32 Å². The fourth-order valence-corrected chi connectivity index (χ4v) is 3.54. The number of anilines is 1. The highest BCUT2D eigenvalue weighted by molar-refractivity contribution is 7.92. The second-order valence-corrected chi connectivity index (χ2v) is 7.31. The number of ether oxygens (including phenoxy) is 1. The highest BCUT2D eigenvalue weighted by Crippen LogP contribution is 2.24. The Kier molecular flexibility index (Phi) is 4.71. The zero-order chi connectivity index (χ0) is 17.0. The average molecular weight is 346 g/mol. The Morgan fingerprint density at radius 3 is 2.71 bits per heavy atom. The summed E-state index contributed by atoms with van der Waals surface area (Å²) in [4.78, 5) is 12.0. The lowest BCUT2D eigenvalue weighted by Gasteiger charge is -2.11. The van der Waals surface area contributed by atoms with Crippen LogP contribution in [0.25, 0.3) is 0 Å². The van der Waals surface area contributed by atoms with Gasteiger partial charge >= 0.3 is 0 Å². The minimum Gasteiger partial charge on any atom is -0.491 e. The third kappa shape index (κ3) is 4.05. The summed E-state index contributed by atoms with van der Waals surface area (Å²) < 4.78 is 32.5. The van der Waals surface area contributed by atoms with Crippen LogP contribution in [0.1, 0.15) is 15.9 Å². The lowest BCUT2D eigenvalue weighted by molar-refractivity contribution is 0.0957. The number of carbonyl (C=O) groups is 1. The van der Waals surface area contributed by atoms with Crippen LogP contribution in [0, 0.1) is 0 Å². The summed E-state index contributed by atoms with van der Waals surface area (Å²) in [6, 6.07) is 14.1. The maximum atomic E-state index is 12.2. The highest BCUT2D eigenvalue weighted by atomic mass is 32.2. The molecule has 2 aromatic carbocycles. The van der Waals surface area contributed by atoms with Crippen molar-refractivity contribution < 1.29 is 17.9 Å². The minimum absolute atomic E-state index is 0.0310. The van der Waals surface area contributed by atoms with E-state index in [1.165, 1.54) is 6.07 Å². The van der Waals surface area contributed by atoms with Gasteiger partial charge in [0.05, 0.1) is 17.9 Å². The van der Waals surface area contributed by atoms with Crippen molar-refractivity contribution >= 4 is 21.6 Å². The summed E-state index contributed by atoms with van der Waals surface area (Å²) in [6.45, 7) is 0.812. The fourth-order valence-electron chi connectivity index (χ4n) is 2.45. The van der Waals surface area contributed by atoms with E-state index in [9.17, 15) is 13.2 Å². The van der Waals surface area contributed by atoms with E-state index in [-0.39, 0.29) is 11.7 Å². The molecule has 0 radical (unpaired) electrons. The van der Waals surface area contributed by atoms with Crippen molar-refractivity contribution in [2.45, 2.75) is 6.42 Å². The van der Waals surface area contributed by atoms with Crippen LogP contribution in [-0.2, 0) is 16.4 Å². The maximum Gasteiger partial charge on any atom is 0.255 e. The van der Waals surface area contributed by atoms with Gasteiger partial charge in [-0.3, -0.25) is 9.52 Å². The molecule has 2 aromatic rings. The standard InChI is InChI=1S/C17H18N2O4S/c20-17-15-12-14(6-7-16(15)23-10-9-18-17)19-24(21,22)11-8-13-4-2-1-3-5-13/h1-7,12,19H,8-11H2,(H,18,20). The van der Waals surface area contributed by atoms with Gasteiger partial charge in [-0.15, -0.1) is 0 Å². The van der Waals surface area contributed by atoms with Gasteiger partial charge in [-0.05, 0) is 30.2 Å². The van der Waals surface area contributed by atoms with E-state index in [1.807, 2.05) is 30.3 Å². The molecule has 1 aliphatic heterocycles. The lowest BCUT2D eigenvalue weighted by Crippen LogP contribution is -2.24. The number of carbonyl (C=O) groups excluding carboxylic acids is 1. The Balaban J connectivity index is 1.72. The summed E-state index contributed by atoms with van der Waals surface area (Å²) in [7, 11) is -3.51. The van der Waals surface area contributed by atoms with Gasteiger partial charge in [0.2, 0.25) is 10.0 Å². The molecule has 0 bridgehead atoms. The van der Waals surface area contributed by atoms with Crippen LogP contribution >= 0.6 is 0 Å². The summed E-state index contributed by atoms with van der Waals surface area (Å²) in [5.41, 5.74) is 1.64. The van der Waals surface area contributed by atoms with E-state index in [4.69, 9.17) is 4.74 Å². The third-order valence-corrected chi connectivity index (χ3v) is 4.93. The molecule has 126 valence electrons. The van der Waals surface area contributed by atoms with Gasteiger partial charge < -0.3 is 10.1 Å². The molecular formula is C17H18N2O4S. The first-order chi connectivity index (χ1) is 11.5. The molecule has 1 amide bonds. The Hall–Kier alpha value is -2.54. The van der Waals surface area contributed by atoms with E-state index in [0.29, 0.717) is 36.6 Å². The molecular weight excluding hydrogens is 328 g/mol. The largest absolute Gasteiger partial charge is 0.491 e. The maximum absolute atomic E-state index is 12.2. The smallest absolute Gasteiger partial charge is 0.255 e. The monoisotopic (exact) mass is 346 g/mol. The van der Waals surface area contributed by atoms with Crippen molar-refractivity contribution in [1.29, 1.82) is 0 Å². The first-order valence-electron chi connectivity index (χ1n) is 7.63. The van der Waals surface area contributed by atoms with Gasteiger partial charge in [0.15, 0.2) is 0 Å². The molecule has 3 rings (SSSR count). The van der Waals surface area contributed by atoms with Crippen LogP contribution in [0.15, 0.2) is 48.5 Å². The van der Waals surface area contributed by atoms with Crippen molar-refractivity contribution in [3.05, 3.63) is 59.7 Å². The molecule has 0 aliphatic carbocycles. The molecule has 1 aliphatic rings. The molecule has 2 N–H and O–H groups in total. The first kappa shape index (κ1) is 16.3. The number of hydrogen-bond donors (Lipinski definition) is 2. The number of benzene rings is 2. The van der Waals surface area contributed by atoms with Crippen LogP contribution < -0.4 is 14.8 Å². The van der Waals surface area contributed by atoms with Gasteiger partial charge in [0.1, 0.15) is 12.4 Å². The van der Waals surface area contributed by atoms with E-state index >= 15 is 0 Å². The number of hydrogen-bond acceptors (Lipinski definition) is 4. The second kappa shape index (κ2) is 6.92. The quantitative estimate of drug-likeness (QED) is 0.864. The van der Waals surface area contributed by atoms with Gasteiger partial charge in [-0.1, -0.05) is 30.3 Å². The SMILES string of the molecule is O=C1NCCOc2ccc(NS(=O)(=O)CCc3ccccc3)cc21. The minimum atomic E-state index is -3.51. The molecule has 0 atom stereocenters. The number of nitrogens with one attached hydrogen (secondary N) is 2. The van der Waals surface area contributed by atoms with Gasteiger partial charge in [-0.25, -0.2) is 8.42 Å². The zero-order valence-corrected chi connectivity index (χ0v) is 13.8.